The monoisotopic (exact) mass is 148 g/mol. The number of methoxy groups -OCH3 is 1. The molecule has 2 radical (unpaired) electrons. The summed E-state index contributed by atoms with van der Waals surface area (Å²) < 4.78 is 5.11. The van der Waals surface area contributed by atoms with Crippen molar-refractivity contribution in [3.63, 3.8) is 0 Å². The highest BCUT2D eigenvalue weighted by Gasteiger charge is 2.01. The molecule has 0 N–H and O–H groups in total. The van der Waals surface area contributed by atoms with E-state index in [9.17, 15) is 0 Å². The van der Waals surface area contributed by atoms with E-state index in [1.165, 1.54) is 5.56 Å². The van der Waals surface area contributed by atoms with Gasteiger partial charge in [0.05, 0.1) is 7.11 Å². The van der Waals surface area contributed by atoms with Gasteiger partial charge < -0.3 is 4.74 Å². The van der Waals surface area contributed by atoms with Gasteiger partial charge in [-0.15, -0.1) is 0 Å². The van der Waals surface area contributed by atoms with Gasteiger partial charge in [-0.3, -0.25) is 0 Å². The lowest BCUT2D eigenvalue weighted by atomic mass is 10.1. The maximum absolute atomic E-state index is 5.11. The third-order valence-corrected chi connectivity index (χ3v) is 1.59. The lowest BCUT2D eigenvalue weighted by Crippen LogP contribution is -1.91. The Kier molecular flexibility index (Phi) is 2.18. The largest absolute Gasteiger partial charge is 0.496 e. The summed E-state index contributed by atoms with van der Waals surface area (Å²) in [6, 6.07) is 3.96. The minimum atomic E-state index is 0.788. The first-order valence-electron chi connectivity index (χ1n) is 3.47. The van der Waals surface area contributed by atoms with Gasteiger partial charge in [0.15, 0.2) is 0 Å². The van der Waals surface area contributed by atoms with E-state index in [0.29, 0.717) is 0 Å². The second-order valence-electron chi connectivity index (χ2n) is 2.62. The highest BCUT2D eigenvalue weighted by atomic mass is 16.5. The molecule has 0 bridgehead atoms. The van der Waals surface area contributed by atoms with Gasteiger partial charge in [0.1, 0.15) is 5.75 Å². The van der Waals surface area contributed by atoms with Gasteiger partial charge in [-0.1, -0.05) is 17.7 Å². The first kappa shape index (κ1) is 8.12. The summed E-state index contributed by atoms with van der Waals surface area (Å²) in [6.45, 7) is 9.71. The van der Waals surface area contributed by atoms with Crippen LogP contribution in [0.4, 0.5) is 0 Å². The average molecular weight is 148 g/mol. The van der Waals surface area contributed by atoms with E-state index in [2.05, 4.69) is 13.8 Å². The van der Waals surface area contributed by atoms with E-state index in [0.717, 1.165) is 16.9 Å². The molecule has 0 aliphatic heterocycles. The van der Waals surface area contributed by atoms with Gasteiger partial charge in [-0.2, -0.15) is 0 Å². The van der Waals surface area contributed by atoms with Crippen LogP contribution in [0.5, 0.6) is 5.75 Å². The Morgan fingerprint density at radius 2 is 1.64 bits per heavy atom. The van der Waals surface area contributed by atoms with E-state index >= 15 is 0 Å². The molecule has 1 aromatic carbocycles. The Balaban J connectivity index is 3.25. The van der Waals surface area contributed by atoms with Crippen LogP contribution >= 0.6 is 0 Å². The smallest absolute Gasteiger partial charge is 0.125 e. The van der Waals surface area contributed by atoms with Crippen LogP contribution in [0.3, 0.4) is 0 Å². The molecule has 1 nitrogen and oxygen atoms in total. The standard InChI is InChI=1S/C10H12O/c1-7-5-8(2)10(11-4)9(3)6-7/h5-6H,2-3H2,1,4H3. The Bertz CT molecular complexity index is 241. The molecule has 0 aliphatic rings. The van der Waals surface area contributed by atoms with Crippen molar-refractivity contribution in [3.05, 3.63) is 42.7 Å². The summed E-state index contributed by atoms with van der Waals surface area (Å²) in [7, 11) is 1.63. The fraction of sp³-hybridized carbons (Fsp3) is 0.200. The molecule has 0 heterocycles. The topological polar surface area (TPSA) is 9.23 Å². The molecule has 0 amide bonds. The fourth-order valence-electron chi connectivity index (χ4n) is 1.19. The molecule has 11 heavy (non-hydrogen) atoms. The molecule has 58 valence electrons. The van der Waals surface area contributed by atoms with Gasteiger partial charge in [0.2, 0.25) is 0 Å². The molecule has 0 unspecified atom stereocenters. The molecule has 0 fully saturated rings. The van der Waals surface area contributed by atoms with E-state index < -0.39 is 0 Å². The molecule has 0 saturated heterocycles. The van der Waals surface area contributed by atoms with E-state index in [1.54, 1.807) is 7.11 Å². The van der Waals surface area contributed by atoms with Gasteiger partial charge in [-0.05, 0) is 31.9 Å². The Morgan fingerprint density at radius 3 is 2.00 bits per heavy atom. The molecule has 0 saturated carbocycles. The normalized spacial score (nSPS) is 9.82. The van der Waals surface area contributed by atoms with Crippen molar-refractivity contribution in [3.8, 4) is 5.75 Å². The van der Waals surface area contributed by atoms with Gasteiger partial charge in [0.25, 0.3) is 0 Å². The molecule has 0 aromatic heterocycles. The van der Waals surface area contributed by atoms with Crippen molar-refractivity contribution >= 4 is 0 Å². The van der Waals surface area contributed by atoms with Gasteiger partial charge >= 0.3 is 0 Å². The average Bonchev–Trinajstić information content (AvgIpc) is 1.85. The molecule has 0 spiro atoms. The predicted octanol–water partition coefficient (Wildman–Crippen LogP) is 2.37. The Hall–Kier alpha value is -0.980. The molecule has 1 aromatic rings. The maximum Gasteiger partial charge on any atom is 0.125 e. The first-order chi connectivity index (χ1) is 5.15. The van der Waals surface area contributed by atoms with Crippen LogP contribution in [0, 0.1) is 20.8 Å². The van der Waals surface area contributed by atoms with Crippen molar-refractivity contribution in [2.24, 2.45) is 0 Å². The molecule has 0 atom stereocenters. The van der Waals surface area contributed by atoms with Crippen molar-refractivity contribution in [1.82, 2.24) is 0 Å². The highest BCUT2D eigenvalue weighted by Crippen LogP contribution is 2.23. The summed E-state index contributed by atoms with van der Waals surface area (Å²) in [5.41, 5.74) is 2.97. The predicted molar refractivity (Wildman–Crippen MR) is 46.6 cm³/mol. The van der Waals surface area contributed by atoms with Crippen molar-refractivity contribution in [2.75, 3.05) is 7.11 Å². The van der Waals surface area contributed by atoms with E-state index in [1.807, 2.05) is 19.1 Å². The van der Waals surface area contributed by atoms with Crippen LogP contribution in [-0.4, -0.2) is 7.11 Å². The van der Waals surface area contributed by atoms with Crippen LogP contribution in [0.2, 0.25) is 0 Å². The number of aryl methyl sites for hydroxylation is 1. The molecule has 1 heteroatoms. The van der Waals surface area contributed by atoms with E-state index in [4.69, 9.17) is 4.74 Å². The third-order valence-electron chi connectivity index (χ3n) is 1.59. The lowest BCUT2D eigenvalue weighted by Gasteiger charge is -2.08. The lowest BCUT2D eigenvalue weighted by molar-refractivity contribution is 0.411. The number of ether oxygens (including phenoxy) is 1. The maximum atomic E-state index is 5.11. The molecular formula is C10H12O. The minimum absolute atomic E-state index is 0.788. The van der Waals surface area contributed by atoms with Crippen LogP contribution in [0.25, 0.3) is 0 Å². The molecular weight excluding hydrogens is 136 g/mol. The van der Waals surface area contributed by atoms with Gasteiger partial charge in [0, 0.05) is 0 Å². The highest BCUT2D eigenvalue weighted by molar-refractivity contribution is 5.47. The van der Waals surface area contributed by atoms with Crippen LogP contribution < -0.4 is 4.74 Å². The van der Waals surface area contributed by atoms with Crippen molar-refractivity contribution in [2.45, 2.75) is 6.92 Å². The second-order valence-corrected chi connectivity index (χ2v) is 2.62. The zero-order valence-electron chi connectivity index (χ0n) is 6.98. The van der Waals surface area contributed by atoms with Crippen LogP contribution in [0.15, 0.2) is 12.1 Å². The Morgan fingerprint density at radius 1 is 1.18 bits per heavy atom. The first-order valence-corrected chi connectivity index (χ1v) is 3.47. The summed E-state index contributed by atoms with van der Waals surface area (Å²) in [4.78, 5) is 0. The molecule has 0 aliphatic carbocycles. The fourth-order valence-corrected chi connectivity index (χ4v) is 1.19. The van der Waals surface area contributed by atoms with Crippen LogP contribution in [0.1, 0.15) is 16.7 Å². The van der Waals surface area contributed by atoms with Crippen molar-refractivity contribution in [1.29, 1.82) is 0 Å². The summed E-state index contributed by atoms with van der Waals surface area (Å²) in [6.07, 6.45) is 0. The SMILES string of the molecule is [CH2]c1cc(C)cc([CH2])c1OC. The Labute approximate surface area is 68.0 Å². The van der Waals surface area contributed by atoms with Gasteiger partial charge in [-0.25, -0.2) is 0 Å². The number of hydrogen-bond acceptors (Lipinski definition) is 1. The third kappa shape index (κ3) is 1.53. The van der Waals surface area contributed by atoms with Crippen LogP contribution in [-0.2, 0) is 0 Å². The summed E-state index contributed by atoms with van der Waals surface area (Å²) in [5, 5.41) is 0. The summed E-state index contributed by atoms with van der Waals surface area (Å²) >= 11 is 0. The van der Waals surface area contributed by atoms with Crippen molar-refractivity contribution < 1.29 is 4.74 Å². The second kappa shape index (κ2) is 2.95. The zero-order valence-corrected chi connectivity index (χ0v) is 6.98. The minimum Gasteiger partial charge on any atom is -0.496 e. The number of benzene rings is 1. The molecule has 1 rings (SSSR count). The quantitative estimate of drug-likeness (QED) is 0.594. The zero-order chi connectivity index (χ0) is 8.43. The number of hydrogen-bond donors (Lipinski definition) is 0. The number of rotatable bonds is 1. The van der Waals surface area contributed by atoms with E-state index in [-0.39, 0.29) is 0 Å². The summed E-state index contributed by atoms with van der Waals surface area (Å²) in [5.74, 6) is 0.788.